The molecule has 0 atom stereocenters. The van der Waals surface area contributed by atoms with E-state index in [0.717, 1.165) is 18.5 Å². The fourth-order valence-corrected chi connectivity index (χ4v) is 3.53. The maximum Gasteiger partial charge on any atom is 0.277 e. The maximum atomic E-state index is 13.4. The van der Waals surface area contributed by atoms with Gasteiger partial charge in [0, 0.05) is 23.9 Å². The average Bonchev–Trinajstić information content (AvgIpc) is 3.65. The Morgan fingerprint density at radius 3 is 2.74 bits per heavy atom. The number of anilines is 3. The molecule has 5 rings (SSSR count). The molecule has 0 radical (unpaired) electrons. The summed E-state index contributed by atoms with van der Waals surface area (Å²) in [5, 5.41) is 19.7. The van der Waals surface area contributed by atoms with E-state index in [-0.39, 0.29) is 18.0 Å². The third kappa shape index (κ3) is 4.73. The van der Waals surface area contributed by atoms with E-state index >= 15 is 0 Å². The molecular formula is C24H21N9O. The van der Waals surface area contributed by atoms with E-state index in [9.17, 15) is 4.79 Å². The van der Waals surface area contributed by atoms with Crippen molar-refractivity contribution < 1.29 is 4.79 Å². The number of carbonyl (C=O) groups is 1. The van der Waals surface area contributed by atoms with Crippen molar-refractivity contribution in [3.63, 3.8) is 0 Å². The van der Waals surface area contributed by atoms with Gasteiger partial charge >= 0.3 is 0 Å². The van der Waals surface area contributed by atoms with E-state index in [1.165, 1.54) is 6.33 Å². The van der Waals surface area contributed by atoms with Crippen molar-refractivity contribution in [1.29, 1.82) is 5.26 Å². The molecule has 10 nitrogen and oxygen atoms in total. The monoisotopic (exact) mass is 451 g/mol. The van der Waals surface area contributed by atoms with Crippen LogP contribution < -0.4 is 10.6 Å². The first-order chi connectivity index (χ1) is 16.7. The van der Waals surface area contributed by atoms with Gasteiger partial charge in [0.25, 0.3) is 5.91 Å². The number of aromatic nitrogens is 6. The molecule has 0 spiro atoms. The Hall–Kier alpha value is -4.65. The molecule has 0 unspecified atom stereocenters. The minimum absolute atomic E-state index is 0.252. The second-order valence-corrected chi connectivity index (χ2v) is 7.87. The van der Waals surface area contributed by atoms with Gasteiger partial charge in [-0.1, -0.05) is 6.07 Å². The lowest BCUT2D eigenvalue weighted by Crippen LogP contribution is -2.19. The quantitative estimate of drug-likeness (QED) is 0.412. The number of rotatable bonds is 8. The topological polar surface area (TPSA) is 134 Å². The highest BCUT2D eigenvalue weighted by Crippen LogP contribution is 2.39. The number of nitrogens with one attached hydrogen (secondary N) is 2. The van der Waals surface area contributed by atoms with Gasteiger partial charge in [-0.15, -0.1) is 0 Å². The summed E-state index contributed by atoms with van der Waals surface area (Å²) >= 11 is 0. The third-order valence-corrected chi connectivity index (χ3v) is 5.35. The van der Waals surface area contributed by atoms with Crippen molar-refractivity contribution in [2.45, 2.75) is 31.7 Å². The first-order valence-electron chi connectivity index (χ1n) is 10.9. The van der Waals surface area contributed by atoms with Crippen molar-refractivity contribution in [3.05, 3.63) is 72.7 Å². The summed E-state index contributed by atoms with van der Waals surface area (Å²) in [6.45, 7) is 0.334. The zero-order valence-corrected chi connectivity index (χ0v) is 18.2. The van der Waals surface area contributed by atoms with E-state index in [4.69, 9.17) is 5.26 Å². The van der Waals surface area contributed by atoms with Crippen LogP contribution in [0.15, 0.2) is 61.3 Å². The van der Waals surface area contributed by atoms with E-state index in [1.54, 1.807) is 29.3 Å². The smallest absolute Gasteiger partial charge is 0.277 e. The number of pyridine rings is 2. The molecule has 0 saturated heterocycles. The minimum atomic E-state index is -0.382. The Balaban J connectivity index is 1.47. The zero-order valence-electron chi connectivity index (χ0n) is 18.2. The zero-order chi connectivity index (χ0) is 23.3. The van der Waals surface area contributed by atoms with Crippen LogP contribution in [0.5, 0.6) is 0 Å². The van der Waals surface area contributed by atoms with Crippen LogP contribution in [0.3, 0.4) is 0 Å². The van der Waals surface area contributed by atoms with Gasteiger partial charge in [-0.2, -0.15) is 10.4 Å². The molecule has 34 heavy (non-hydrogen) atoms. The number of aryl methyl sites for hydroxylation is 1. The fourth-order valence-electron chi connectivity index (χ4n) is 3.53. The van der Waals surface area contributed by atoms with Gasteiger partial charge in [0.05, 0.1) is 48.5 Å². The summed E-state index contributed by atoms with van der Waals surface area (Å²) < 4.78 is 1.61. The number of hydrogen-bond acceptors (Lipinski definition) is 8. The molecule has 0 aliphatic heterocycles. The molecule has 1 aliphatic carbocycles. The summed E-state index contributed by atoms with van der Waals surface area (Å²) in [7, 11) is 0. The van der Waals surface area contributed by atoms with Gasteiger partial charge in [0.15, 0.2) is 5.69 Å². The van der Waals surface area contributed by atoms with E-state index in [1.807, 2.05) is 30.3 Å². The van der Waals surface area contributed by atoms with Gasteiger partial charge < -0.3 is 10.6 Å². The van der Waals surface area contributed by atoms with Gasteiger partial charge in [0.1, 0.15) is 17.8 Å². The molecule has 1 aliphatic rings. The summed E-state index contributed by atoms with van der Waals surface area (Å²) in [5.74, 6) is 0.471. The summed E-state index contributed by atoms with van der Waals surface area (Å²) in [6.07, 6.45) is 8.76. The Labute approximate surface area is 195 Å². The molecular weight excluding hydrogens is 430 g/mol. The molecule has 4 aromatic rings. The lowest BCUT2D eigenvalue weighted by Gasteiger charge is -2.13. The minimum Gasteiger partial charge on any atom is -0.351 e. The van der Waals surface area contributed by atoms with Gasteiger partial charge in [-0.05, 0) is 37.1 Å². The van der Waals surface area contributed by atoms with Crippen LogP contribution in [0.25, 0.3) is 11.4 Å². The van der Waals surface area contributed by atoms with Crippen molar-refractivity contribution in [2.75, 3.05) is 10.6 Å². The van der Waals surface area contributed by atoms with Gasteiger partial charge in [-0.25, -0.2) is 19.6 Å². The summed E-state index contributed by atoms with van der Waals surface area (Å²) in [5.41, 5.74) is 3.63. The number of carbonyl (C=O) groups excluding carboxylic acids is 1. The van der Waals surface area contributed by atoms with Crippen LogP contribution in [-0.4, -0.2) is 35.6 Å². The number of nitriles is 1. The molecule has 4 heterocycles. The largest absolute Gasteiger partial charge is 0.351 e. The highest BCUT2D eigenvalue weighted by Gasteiger charge is 2.27. The van der Waals surface area contributed by atoms with Crippen LogP contribution in [-0.2, 0) is 6.54 Å². The molecule has 0 aromatic carbocycles. The second-order valence-electron chi connectivity index (χ2n) is 7.87. The Morgan fingerprint density at radius 2 is 2.00 bits per heavy atom. The fraction of sp³-hybridized carbons (Fsp3) is 0.208. The first-order valence-corrected chi connectivity index (χ1v) is 10.9. The van der Waals surface area contributed by atoms with Crippen molar-refractivity contribution >= 4 is 23.1 Å². The molecule has 168 valence electrons. The Morgan fingerprint density at radius 1 is 1.15 bits per heavy atom. The molecule has 4 aromatic heterocycles. The lowest BCUT2D eigenvalue weighted by molar-refractivity contribution is 0.102. The van der Waals surface area contributed by atoms with E-state index in [0.29, 0.717) is 41.0 Å². The van der Waals surface area contributed by atoms with Crippen LogP contribution in [0, 0.1) is 11.3 Å². The number of amides is 1. The lowest BCUT2D eigenvalue weighted by atomic mass is 10.2. The molecule has 1 amide bonds. The molecule has 1 fully saturated rings. The predicted molar refractivity (Wildman–Crippen MR) is 125 cm³/mol. The van der Waals surface area contributed by atoms with Crippen LogP contribution in [0.2, 0.25) is 0 Å². The van der Waals surface area contributed by atoms with Crippen LogP contribution in [0.4, 0.5) is 17.2 Å². The normalized spacial score (nSPS) is 12.7. The predicted octanol–water partition coefficient (Wildman–Crippen LogP) is 3.92. The maximum absolute atomic E-state index is 13.4. The Kier molecular flexibility index (Phi) is 5.90. The van der Waals surface area contributed by atoms with Crippen LogP contribution >= 0.6 is 0 Å². The first kappa shape index (κ1) is 21.2. The molecule has 2 N–H and O–H groups in total. The summed E-state index contributed by atoms with van der Waals surface area (Å²) in [6, 6.07) is 13.2. The average molecular weight is 451 g/mol. The molecule has 10 heteroatoms. The van der Waals surface area contributed by atoms with Gasteiger partial charge in [-0.3, -0.25) is 9.78 Å². The number of nitrogens with zero attached hydrogens (tertiary/aromatic N) is 7. The standard InChI is InChI=1S/C24H21N9O/c25-9-3-11-33-22(12-21(32-33)19-4-1-2-10-28-19)31-24(34)23-20(29-17-13-26-15-27-14-17)8-7-18(30-23)16-5-6-16/h1-2,4,7-8,10,12-16,29H,3,5-6,11H2,(H,31,34). The molecule has 0 bridgehead atoms. The number of hydrogen-bond donors (Lipinski definition) is 2. The Bertz CT molecular complexity index is 1340. The second kappa shape index (κ2) is 9.46. The third-order valence-electron chi connectivity index (χ3n) is 5.35. The van der Waals surface area contributed by atoms with Crippen LogP contribution in [0.1, 0.15) is 41.4 Å². The highest BCUT2D eigenvalue weighted by atomic mass is 16.2. The van der Waals surface area contributed by atoms with Gasteiger partial charge in [0.2, 0.25) is 0 Å². The molecule has 1 saturated carbocycles. The SMILES string of the molecule is N#CCCn1nc(-c2ccccn2)cc1NC(=O)c1nc(C2CC2)ccc1Nc1cncnc1. The van der Waals surface area contributed by atoms with Crippen molar-refractivity contribution in [2.24, 2.45) is 0 Å². The van der Waals surface area contributed by atoms with Crippen molar-refractivity contribution in [1.82, 2.24) is 29.7 Å². The van der Waals surface area contributed by atoms with E-state index in [2.05, 4.69) is 41.7 Å². The summed E-state index contributed by atoms with van der Waals surface area (Å²) in [4.78, 5) is 30.5. The highest BCUT2D eigenvalue weighted by molar-refractivity contribution is 6.06. The van der Waals surface area contributed by atoms with Crippen molar-refractivity contribution in [3.8, 4) is 17.5 Å². The van der Waals surface area contributed by atoms with E-state index < -0.39 is 0 Å².